The van der Waals surface area contributed by atoms with Crippen LogP contribution in [-0.2, 0) is 13.0 Å². The maximum Gasteiger partial charge on any atom is 0.133 e. The first-order valence-corrected chi connectivity index (χ1v) is 6.59. The highest BCUT2D eigenvalue weighted by atomic mass is 15.3. The van der Waals surface area contributed by atoms with E-state index >= 15 is 0 Å². The molecular formula is C13H26N4. The fraction of sp³-hybridized carbons (Fsp3) is 0.846. The van der Waals surface area contributed by atoms with Gasteiger partial charge in [-0.2, -0.15) is 0 Å². The summed E-state index contributed by atoms with van der Waals surface area (Å²) in [5.74, 6) is 2.15. The second-order valence-electron chi connectivity index (χ2n) is 5.52. The number of rotatable bonds is 7. The molecule has 0 aliphatic rings. The van der Waals surface area contributed by atoms with Gasteiger partial charge in [-0.15, -0.1) is 10.2 Å². The van der Waals surface area contributed by atoms with E-state index in [9.17, 15) is 0 Å². The lowest BCUT2D eigenvalue weighted by atomic mass is 9.84. The van der Waals surface area contributed by atoms with E-state index in [0.29, 0.717) is 5.41 Å². The Morgan fingerprint density at radius 2 is 1.94 bits per heavy atom. The molecule has 0 amide bonds. The molecule has 0 spiro atoms. The standard InChI is InChI=1S/C13H26N4/c1-5-10-17-11(2)15-16-12(17)6-7-13(3,4)8-9-14/h5-10,14H2,1-4H3. The monoisotopic (exact) mass is 238 g/mol. The first-order chi connectivity index (χ1) is 8.00. The molecule has 1 aromatic rings. The third-order valence-corrected chi connectivity index (χ3v) is 3.31. The lowest BCUT2D eigenvalue weighted by molar-refractivity contribution is 0.309. The Morgan fingerprint density at radius 3 is 2.53 bits per heavy atom. The predicted octanol–water partition coefficient (Wildman–Crippen LogP) is 2.30. The summed E-state index contributed by atoms with van der Waals surface area (Å²) in [5.41, 5.74) is 5.93. The van der Waals surface area contributed by atoms with Crippen molar-refractivity contribution < 1.29 is 0 Å². The number of aromatic nitrogens is 3. The molecule has 0 bridgehead atoms. The molecule has 1 heterocycles. The first kappa shape index (κ1) is 14.2. The molecular weight excluding hydrogens is 212 g/mol. The van der Waals surface area contributed by atoms with E-state index in [-0.39, 0.29) is 0 Å². The Morgan fingerprint density at radius 1 is 1.24 bits per heavy atom. The molecule has 1 aromatic heterocycles. The summed E-state index contributed by atoms with van der Waals surface area (Å²) in [6, 6.07) is 0. The molecule has 17 heavy (non-hydrogen) atoms. The molecule has 98 valence electrons. The van der Waals surface area contributed by atoms with Gasteiger partial charge in [0.1, 0.15) is 11.6 Å². The molecule has 0 aliphatic carbocycles. The van der Waals surface area contributed by atoms with E-state index in [4.69, 9.17) is 5.73 Å². The van der Waals surface area contributed by atoms with Gasteiger partial charge in [0.25, 0.3) is 0 Å². The maximum atomic E-state index is 5.63. The number of hydrogen-bond donors (Lipinski definition) is 1. The van der Waals surface area contributed by atoms with E-state index in [2.05, 4.69) is 35.5 Å². The van der Waals surface area contributed by atoms with Gasteiger partial charge in [0.2, 0.25) is 0 Å². The smallest absolute Gasteiger partial charge is 0.133 e. The van der Waals surface area contributed by atoms with Crippen molar-refractivity contribution in [3.8, 4) is 0 Å². The summed E-state index contributed by atoms with van der Waals surface area (Å²) in [6.45, 7) is 10.5. The van der Waals surface area contributed by atoms with Gasteiger partial charge < -0.3 is 10.3 Å². The molecule has 0 radical (unpaired) electrons. The SMILES string of the molecule is CCCn1c(C)nnc1CCC(C)(C)CCN. The van der Waals surface area contributed by atoms with Crippen LogP contribution in [0.5, 0.6) is 0 Å². The topological polar surface area (TPSA) is 56.7 Å². The van der Waals surface area contributed by atoms with Crippen molar-refractivity contribution in [2.75, 3.05) is 6.54 Å². The molecule has 0 unspecified atom stereocenters. The molecule has 1 rings (SSSR count). The van der Waals surface area contributed by atoms with Crippen molar-refractivity contribution in [2.24, 2.45) is 11.1 Å². The summed E-state index contributed by atoms with van der Waals surface area (Å²) in [6.07, 6.45) is 4.30. The molecule has 0 atom stereocenters. The average molecular weight is 238 g/mol. The van der Waals surface area contributed by atoms with Gasteiger partial charge in [0.05, 0.1) is 0 Å². The number of hydrogen-bond acceptors (Lipinski definition) is 3. The van der Waals surface area contributed by atoms with Crippen molar-refractivity contribution in [1.82, 2.24) is 14.8 Å². The van der Waals surface area contributed by atoms with Crippen LogP contribution in [0.15, 0.2) is 0 Å². The minimum absolute atomic E-state index is 0.297. The Hall–Kier alpha value is -0.900. The number of aryl methyl sites for hydroxylation is 2. The van der Waals surface area contributed by atoms with Crippen LogP contribution in [0.4, 0.5) is 0 Å². The Labute approximate surface area is 105 Å². The number of nitrogens with two attached hydrogens (primary N) is 1. The molecule has 0 aliphatic heterocycles. The van der Waals surface area contributed by atoms with Crippen LogP contribution in [0.3, 0.4) is 0 Å². The molecule has 2 N–H and O–H groups in total. The van der Waals surface area contributed by atoms with Gasteiger partial charge in [-0.1, -0.05) is 20.8 Å². The zero-order valence-electron chi connectivity index (χ0n) is 11.7. The van der Waals surface area contributed by atoms with E-state index in [1.807, 2.05) is 6.92 Å². The highest BCUT2D eigenvalue weighted by Crippen LogP contribution is 2.26. The van der Waals surface area contributed by atoms with E-state index < -0.39 is 0 Å². The minimum atomic E-state index is 0.297. The number of nitrogens with zero attached hydrogens (tertiary/aromatic N) is 3. The predicted molar refractivity (Wildman–Crippen MR) is 70.8 cm³/mol. The maximum absolute atomic E-state index is 5.63. The third kappa shape index (κ3) is 4.11. The van der Waals surface area contributed by atoms with Crippen LogP contribution in [-0.4, -0.2) is 21.3 Å². The lowest BCUT2D eigenvalue weighted by Crippen LogP contribution is -2.19. The largest absolute Gasteiger partial charge is 0.330 e. The van der Waals surface area contributed by atoms with Crippen LogP contribution in [0.25, 0.3) is 0 Å². The van der Waals surface area contributed by atoms with Crippen LogP contribution < -0.4 is 5.73 Å². The van der Waals surface area contributed by atoms with Gasteiger partial charge in [0, 0.05) is 13.0 Å². The van der Waals surface area contributed by atoms with Crippen LogP contribution in [0.2, 0.25) is 0 Å². The van der Waals surface area contributed by atoms with Crippen molar-refractivity contribution >= 4 is 0 Å². The highest BCUT2D eigenvalue weighted by Gasteiger charge is 2.18. The van der Waals surface area contributed by atoms with Crippen LogP contribution in [0.1, 0.15) is 51.7 Å². The Balaban J connectivity index is 2.62. The summed E-state index contributed by atoms with van der Waals surface area (Å²) in [4.78, 5) is 0. The van der Waals surface area contributed by atoms with Gasteiger partial charge in [-0.25, -0.2) is 0 Å². The fourth-order valence-corrected chi connectivity index (χ4v) is 2.09. The molecule has 0 fully saturated rings. The highest BCUT2D eigenvalue weighted by molar-refractivity contribution is 4.95. The van der Waals surface area contributed by atoms with Gasteiger partial charge in [0.15, 0.2) is 0 Å². The van der Waals surface area contributed by atoms with Crippen molar-refractivity contribution in [1.29, 1.82) is 0 Å². The lowest BCUT2D eigenvalue weighted by Gasteiger charge is -2.23. The summed E-state index contributed by atoms with van der Waals surface area (Å²) >= 11 is 0. The van der Waals surface area contributed by atoms with Crippen molar-refractivity contribution in [2.45, 2.75) is 59.9 Å². The normalized spacial score (nSPS) is 12.1. The minimum Gasteiger partial charge on any atom is -0.330 e. The van der Waals surface area contributed by atoms with Crippen molar-refractivity contribution in [3.63, 3.8) is 0 Å². The van der Waals surface area contributed by atoms with Gasteiger partial charge in [-0.3, -0.25) is 0 Å². The third-order valence-electron chi connectivity index (χ3n) is 3.31. The fourth-order valence-electron chi connectivity index (χ4n) is 2.09. The van der Waals surface area contributed by atoms with E-state index in [1.165, 1.54) is 0 Å². The van der Waals surface area contributed by atoms with Crippen molar-refractivity contribution in [3.05, 3.63) is 11.6 Å². The first-order valence-electron chi connectivity index (χ1n) is 6.59. The Bertz CT molecular complexity index is 341. The van der Waals surface area contributed by atoms with Gasteiger partial charge >= 0.3 is 0 Å². The molecule has 0 saturated heterocycles. The molecule has 4 heteroatoms. The summed E-state index contributed by atoms with van der Waals surface area (Å²) in [7, 11) is 0. The second-order valence-corrected chi connectivity index (χ2v) is 5.52. The zero-order chi connectivity index (χ0) is 12.9. The van der Waals surface area contributed by atoms with Gasteiger partial charge in [-0.05, 0) is 38.1 Å². The summed E-state index contributed by atoms with van der Waals surface area (Å²) in [5, 5.41) is 8.45. The molecule has 0 aromatic carbocycles. The van der Waals surface area contributed by atoms with Crippen LogP contribution >= 0.6 is 0 Å². The quantitative estimate of drug-likeness (QED) is 0.793. The summed E-state index contributed by atoms with van der Waals surface area (Å²) < 4.78 is 2.23. The van der Waals surface area contributed by atoms with E-state index in [1.54, 1.807) is 0 Å². The van der Waals surface area contributed by atoms with Crippen LogP contribution in [0, 0.1) is 12.3 Å². The molecule has 0 saturated carbocycles. The second kappa shape index (κ2) is 6.15. The molecule has 4 nitrogen and oxygen atoms in total. The average Bonchev–Trinajstić information content (AvgIpc) is 2.59. The zero-order valence-corrected chi connectivity index (χ0v) is 11.7. The Kier molecular flexibility index (Phi) is 5.12. The van der Waals surface area contributed by atoms with E-state index in [0.717, 1.165) is 50.4 Å².